The van der Waals surface area contributed by atoms with Crippen molar-refractivity contribution < 1.29 is 9.59 Å². The molecule has 0 aromatic rings. The van der Waals surface area contributed by atoms with Gasteiger partial charge >= 0.3 is 0 Å². The molecule has 0 bridgehead atoms. The summed E-state index contributed by atoms with van der Waals surface area (Å²) in [6.07, 6.45) is 6.97. The van der Waals surface area contributed by atoms with E-state index < -0.39 is 0 Å². The first-order chi connectivity index (χ1) is 9.15. The van der Waals surface area contributed by atoms with Crippen molar-refractivity contribution in [2.45, 2.75) is 58.4 Å². The minimum Gasteiger partial charge on any atom is -0.345 e. The number of nitrogens with one attached hydrogen (secondary N) is 1. The van der Waals surface area contributed by atoms with Crippen molar-refractivity contribution in [3.8, 4) is 0 Å². The van der Waals surface area contributed by atoms with E-state index in [1.165, 1.54) is 32.1 Å². The molecule has 108 valence electrons. The highest BCUT2D eigenvalue weighted by atomic mass is 16.2. The molecule has 0 radical (unpaired) electrons. The Balaban J connectivity index is 1.92. The van der Waals surface area contributed by atoms with Gasteiger partial charge in [-0.05, 0) is 31.1 Å². The molecule has 2 fully saturated rings. The molecule has 2 rings (SSSR count). The van der Waals surface area contributed by atoms with Crippen molar-refractivity contribution in [2.75, 3.05) is 13.1 Å². The van der Waals surface area contributed by atoms with Crippen molar-refractivity contribution in [1.82, 2.24) is 10.2 Å². The van der Waals surface area contributed by atoms with E-state index in [0.717, 1.165) is 12.5 Å². The SMILES string of the molecule is CCC1CCC(CN2C(=O)CNC(=O)C2CC)CC1. The van der Waals surface area contributed by atoms with E-state index in [1.54, 1.807) is 0 Å². The highest BCUT2D eigenvalue weighted by Crippen LogP contribution is 2.31. The maximum absolute atomic E-state index is 12.0. The van der Waals surface area contributed by atoms with E-state index >= 15 is 0 Å². The van der Waals surface area contributed by atoms with Crippen LogP contribution < -0.4 is 5.32 Å². The third-order valence-corrected chi connectivity index (χ3v) is 4.80. The molecule has 1 heterocycles. The molecule has 4 heteroatoms. The van der Waals surface area contributed by atoms with E-state index in [4.69, 9.17) is 0 Å². The van der Waals surface area contributed by atoms with Crippen molar-refractivity contribution in [3.63, 3.8) is 0 Å². The normalized spacial score (nSPS) is 32.3. The van der Waals surface area contributed by atoms with Gasteiger partial charge in [0.15, 0.2) is 0 Å². The standard InChI is InChI=1S/C15H26N2O2/c1-3-11-5-7-12(8-6-11)10-17-13(4-2)15(19)16-9-14(17)18/h11-13H,3-10H2,1-2H3,(H,16,19). The van der Waals surface area contributed by atoms with Crippen LogP contribution in [0.1, 0.15) is 52.4 Å². The zero-order valence-electron chi connectivity index (χ0n) is 12.2. The second-order valence-electron chi connectivity index (χ2n) is 5.98. The number of amides is 2. The van der Waals surface area contributed by atoms with E-state index in [0.29, 0.717) is 12.3 Å². The molecule has 0 aromatic carbocycles. The topological polar surface area (TPSA) is 49.4 Å². The molecule has 4 nitrogen and oxygen atoms in total. The first-order valence-corrected chi connectivity index (χ1v) is 7.72. The van der Waals surface area contributed by atoms with Crippen molar-refractivity contribution in [1.29, 1.82) is 0 Å². The lowest BCUT2D eigenvalue weighted by atomic mass is 9.80. The largest absolute Gasteiger partial charge is 0.345 e. The molecule has 2 amide bonds. The van der Waals surface area contributed by atoms with Gasteiger partial charge in [-0.25, -0.2) is 0 Å². The number of carbonyl (C=O) groups is 2. The third-order valence-electron chi connectivity index (χ3n) is 4.80. The first-order valence-electron chi connectivity index (χ1n) is 7.72. The molecule has 1 N–H and O–H groups in total. The quantitative estimate of drug-likeness (QED) is 0.845. The van der Waals surface area contributed by atoms with E-state index in [2.05, 4.69) is 12.2 Å². The van der Waals surface area contributed by atoms with Crippen LogP contribution in [0.3, 0.4) is 0 Å². The van der Waals surface area contributed by atoms with Crippen LogP contribution in [0, 0.1) is 11.8 Å². The lowest BCUT2D eigenvalue weighted by molar-refractivity contribution is -0.146. The summed E-state index contributed by atoms with van der Waals surface area (Å²) in [6, 6.07) is -0.245. The lowest BCUT2D eigenvalue weighted by Crippen LogP contribution is -2.59. The van der Waals surface area contributed by atoms with E-state index in [-0.39, 0.29) is 24.4 Å². The number of hydrogen-bond donors (Lipinski definition) is 1. The van der Waals surface area contributed by atoms with Crippen LogP contribution in [0.15, 0.2) is 0 Å². The van der Waals surface area contributed by atoms with Gasteiger partial charge in [0.05, 0.1) is 6.54 Å². The van der Waals surface area contributed by atoms with Gasteiger partial charge in [-0.15, -0.1) is 0 Å². The predicted octanol–water partition coefficient (Wildman–Crippen LogP) is 1.94. The molecule has 0 aromatic heterocycles. The molecule has 2 aliphatic rings. The molecule has 1 saturated carbocycles. The van der Waals surface area contributed by atoms with Gasteiger partial charge < -0.3 is 10.2 Å². The number of rotatable bonds is 4. The Morgan fingerprint density at radius 2 is 1.68 bits per heavy atom. The average molecular weight is 266 g/mol. The van der Waals surface area contributed by atoms with Crippen LogP contribution in [-0.4, -0.2) is 35.8 Å². The predicted molar refractivity (Wildman–Crippen MR) is 74.5 cm³/mol. The second-order valence-corrected chi connectivity index (χ2v) is 5.98. The van der Waals surface area contributed by atoms with Crippen molar-refractivity contribution in [3.05, 3.63) is 0 Å². The Kier molecular flexibility index (Phi) is 4.83. The van der Waals surface area contributed by atoms with Crippen LogP contribution in [0.5, 0.6) is 0 Å². The molecule has 1 unspecified atom stereocenters. The summed E-state index contributed by atoms with van der Waals surface area (Å²) in [5.74, 6) is 1.57. The summed E-state index contributed by atoms with van der Waals surface area (Å²) in [7, 11) is 0. The van der Waals surface area contributed by atoms with Crippen LogP contribution in [0.25, 0.3) is 0 Å². The van der Waals surface area contributed by atoms with Gasteiger partial charge in [0.1, 0.15) is 6.04 Å². The zero-order valence-corrected chi connectivity index (χ0v) is 12.2. The van der Waals surface area contributed by atoms with Crippen LogP contribution in [0.4, 0.5) is 0 Å². The molecular formula is C15H26N2O2. The fourth-order valence-corrected chi connectivity index (χ4v) is 3.43. The Morgan fingerprint density at radius 3 is 2.26 bits per heavy atom. The zero-order chi connectivity index (χ0) is 13.8. The fraction of sp³-hybridized carbons (Fsp3) is 0.867. The summed E-state index contributed by atoms with van der Waals surface area (Å²) in [5.41, 5.74) is 0. The maximum Gasteiger partial charge on any atom is 0.243 e. The first kappa shape index (κ1) is 14.4. The molecule has 1 aliphatic carbocycles. The highest BCUT2D eigenvalue weighted by molar-refractivity contribution is 5.94. The van der Waals surface area contributed by atoms with Gasteiger partial charge in [-0.2, -0.15) is 0 Å². The van der Waals surface area contributed by atoms with E-state index in [9.17, 15) is 9.59 Å². The van der Waals surface area contributed by atoms with E-state index in [1.807, 2.05) is 11.8 Å². The highest BCUT2D eigenvalue weighted by Gasteiger charge is 2.34. The smallest absolute Gasteiger partial charge is 0.243 e. The lowest BCUT2D eigenvalue weighted by Gasteiger charge is -2.38. The Bertz CT molecular complexity index is 335. The summed E-state index contributed by atoms with van der Waals surface area (Å²) < 4.78 is 0. The van der Waals surface area contributed by atoms with Crippen LogP contribution in [0.2, 0.25) is 0 Å². The molecule has 0 spiro atoms. The van der Waals surface area contributed by atoms with Crippen molar-refractivity contribution >= 4 is 11.8 Å². The molecular weight excluding hydrogens is 240 g/mol. The molecule has 1 aliphatic heterocycles. The minimum absolute atomic E-state index is 0.0179. The number of carbonyl (C=O) groups excluding carboxylic acids is 2. The molecule has 1 saturated heterocycles. The van der Waals surface area contributed by atoms with Gasteiger partial charge in [-0.3, -0.25) is 9.59 Å². The van der Waals surface area contributed by atoms with Crippen LogP contribution >= 0.6 is 0 Å². The monoisotopic (exact) mass is 266 g/mol. The van der Waals surface area contributed by atoms with Gasteiger partial charge in [0, 0.05) is 6.54 Å². The Labute approximate surface area is 115 Å². The summed E-state index contributed by atoms with van der Waals surface area (Å²) >= 11 is 0. The third kappa shape index (κ3) is 3.28. The van der Waals surface area contributed by atoms with Gasteiger partial charge in [0.25, 0.3) is 0 Å². The molecule has 19 heavy (non-hydrogen) atoms. The van der Waals surface area contributed by atoms with Gasteiger partial charge in [-0.1, -0.05) is 33.1 Å². The fourth-order valence-electron chi connectivity index (χ4n) is 3.43. The number of nitrogens with zero attached hydrogens (tertiary/aromatic N) is 1. The Hall–Kier alpha value is -1.06. The summed E-state index contributed by atoms with van der Waals surface area (Å²) in [6.45, 7) is 5.20. The minimum atomic E-state index is -0.245. The van der Waals surface area contributed by atoms with Crippen LogP contribution in [-0.2, 0) is 9.59 Å². The average Bonchev–Trinajstić information content (AvgIpc) is 2.44. The van der Waals surface area contributed by atoms with Crippen molar-refractivity contribution in [2.24, 2.45) is 11.8 Å². The Morgan fingerprint density at radius 1 is 1.05 bits per heavy atom. The number of piperazine rings is 1. The second kappa shape index (κ2) is 6.40. The molecule has 1 atom stereocenters. The number of hydrogen-bond acceptors (Lipinski definition) is 2. The summed E-state index contributed by atoms with van der Waals surface area (Å²) in [5, 5.41) is 2.69. The maximum atomic E-state index is 12.0. The van der Waals surface area contributed by atoms with Gasteiger partial charge in [0.2, 0.25) is 11.8 Å². The summed E-state index contributed by atoms with van der Waals surface area (Å²) in [4.78, 5) is 25.7.